The molecule has 2 atom stereocenters. The fourth-order valence-corrected chi connectivity index (χ4v) is 5.56. The van der Waals surface area contributed by atoms with Crippen LogP contribution in [0.15, 0.2) is 36.5 Å². The number of rotatable bonds is 8. The molecule has 11 nitrogen and oxygen atoms in total. The number of ether oxygens (including phenoxy) is 2. The number of carbonyl (C=O) groups excluding carboxylic acids is 2. The molecular weight excluding hydrogens is 518 g/mol. The van der Waals surface area contributed by atoms with Gasteiger partial charge in [0.2, 0.25) is 11.9 Å². The standard InChI is InChI=1S/C27H33N7O4S/c1-17(29-25(36)24-18(2)30-27(39-24)31-19(3)35)20-4-6-21(7-5-20)38-22-9-11-34(16-22)23-8-10-28-26(32-23)33-12-14-37-15-13-33/h4-8,10,17,22H,9,11-16H2,1-3H3,(H,29,36)(H,30,31,35)/t17-,22+/m0/s1. The highest BCUT2D eigenvalue weighted by molar-refractivity contribution is 7.17. The number of aryl methyl sites for hydroxylation is 1. The van der Waals surface area contributed by atoms with Crippen molar-refractivity contribution in [1.82, 2.24) is 20.3 Å². The number of morpholine rings is 1. The third kappa shape index (κ3) is 6.63. The van der Waals surface area contributed by atoms with E-state index in [4.69, 9.17) is 14.5 Å². The first-order chi connectivity index (χ1) is 18.9. The summed E-state index contributed by atoms with van der Waals surface area (Å²) in [7, 11) is 0. The second-order valence-electron chi connectivity index (χ2n) is 9.67. The first-order valence-electron chi connectivity index (χ1n) is 13.1. The second kappa shape index (κ2) is 12.0. The highest BCUT2D eigenvalue weighted by atomic mass is 32.1. The Morgan fingerprint density at radius 3 is 2.62 bits per heavy atom. The molecule has 4 heterocycles. The van der Waals surface area contributed by atoms with Crippen molar-refractivity contribution in [2.75, 3.05) is 54.5 Å². The van der Waals surface area contributed by atoms with Gasteiger partial charge in [-0.2, -0.15) is 4.98 Å². The number of amides is 2. The maximum Gasteiger partial charge on any atom is 0.263 e. The lowest BCUT2D eigenvalue weighted by Crippen LogP contribution is -2.37. The maximum atomic E-state index is 12.8. The van der Waals surface area contributed by atoms with Gasteiger partial charge in [-0.1, -0.05) is 23.5 Å². The van der Waals surface area contributed by atoms with E-state index in [9.17, 15) is 9.59 Å². The molecule has 206 valence electrons. The fourth-order valence-electron chi connectivity index (χ4n) is 4.65. The van der Waals surface area contributed by atoms with Crippen molar-refractivity contribution in [2.45, 2.75) is 39.3 Å². The summed E-state index contributed by atoms with van der Waals surface area (Å²) < 4.78 is 11.7. The van der Waals surface area contributed by atoms with Crippen LogP contribution in [0.5, 0.6) is 5.75 Å². The van der Waals surface area contributed by atoms with Crippen LogP contribution in [0.1, 0.15) is 47.2 Å². The van der Waals surface area contributed by atoms with E-state index in [-0.39, 0.29) is 24.0 Å². The Balaban J connectivity index is 1.14. The second-order valence-corrected chi connectivity index (χ2v) is 10.7. The zero-order valence-corrected chi connectivity index (χ0v) is 23.2. The van der Waals surface area contributed by atoms with Crippen LogP contribution in [0.2, 0.25) is 0 Å². The largest absolute Gasteiger partial charge is 0.489 e. The van der Waals surface area contributed by atoms with E-state index in [1.165, 1.54) is 18.3 Å². The van der Waals surface area contributed by atoms with E-state index in [2.05, 4.69) is 30.4 Å². The van der Waals surface area contributed by atoms with E-state index < -0.39 is 0 Å². The van der Waals surface area contributed by atoms with Crippen molar-refractivity contribution >= 4 is 40.0 Å². The van der Waals surface area contributed by atoms with Gasteiger partial charge < -0.3 is 29.9 Å². The third-order valence-corrected chi connectivity index (χ3v) is 7.78. The maximum absolute atomic E-state index is 12.8. The normalized spacial score (nSPS) is 18.1. The molecule has 39 heavy (non-hydrogen) atoms. The van der Waals surface area contributed by atoms with Crippen LogP contribution >= 0.6 is 11.3 Å². The van der Waals surface area contributed by atoms with E-state index in [0.717, 1.165) is 55.7 Å². The molecule has 2 aromatic heterocycles. The molecule has 2 saturated heterocycles. The summed E-state index contributed by atoms with van der Waals surface area (Å²) in [5.74, 6) is 2.01. The van der Waals surface area contributed by atoms with E-state index >= 15 is 0 Å². The summed E-state index contributed by atoms with van der Waals surface area (Å²) in [5, 5.41) is 6.06. The van der Waals surface area contributed by atoms with Gasteiger partial charge in [0.25, 0.3) is 5.91 Å². The van der Waals surface area contributed by atoms with Crippen LogP contribution in [0.4, 0.5) is 16.9 Å². The SMILES string of the molecule is CC(=O)Nc1nc(C)c(C(=O)N[C@@H](C)c2ccc(O[C@@H]3CCN(c4ccnc(N5CCOCC5)n4)C3)cc2)s1. The lowest BCUT2D eigenvalue weighted by molar-refractivity contribution is -0.114. The topological polar surface area (TPSA) is 122 Å². The number of benzene rings is 1. The highest BCUT2D eigenvalue weighted by Crippen LogP contribution is 2.26. The molecule has 2 aliphatic rings. The first kappa shape index (κ1) is 26.8. The zero-order chi connectivity index (χ0) is 27.4. The van der Waals surface area contributed by atoms with Gasteiger partial charge in [0.05, 0.1) is 31.5 Å². The molecule has 0 spiro atoms. The Morgan fingerprint density at radius 1 is 1.10 bits per heavy atom. The van der Waals surface area contributed by atoms with Gasteiger partial charge in [0.1, 0.15) is 22.5 Å². The Morgan fingerprint density at radius 2 is 1.87 bits per heavy atom. The number of anilines is 3. The number of thiazole rings is 1. The average Bonchev–Trinajstić information content (AvgIpc) is 3.55. The molecule has 2 aliphatic heterocycles. The number of nitrogens with zero attached hydrogens (tertiary/aromatic N) is 5. The van der Waals surface area contributed by atoms with Crippen LogP contribution in [-0.2, 0) is 9.53 Å². The molecule has 0 aliphatic carbocycles. The third-order valence-electron chi connectivity index (χ3n) is 6.71. The summed E-state index contributed by atoms with van der Waals surface area (Å²) in [6.45, 7) is 9.72. The van der Waals surface area contributed by atoms with Crippen molar-refractivity contribution in [2.24, 2.45) is 0 Å². The number of hydrogen-bond donors (Lipinski definition) is 2. The van der Waals surface area contributed by atoms with Crippen molar-refractivity contribution in [3.8, 4) is 5.75 Å². The molecule has 0 radical (unpaired) electrons. The predicted molar refractivity (Wildman–Crippen MR) is 150 cm³/mol. The smallest absolute Gasteiger partial charge is 0.263 e. The highest BCUT2D eigenvalue weighted by Gasteiger charge is 2.26. The summed E-state index contributed by atoms with van der Waals surface area (Å²) in [5.41, 5.74) is 1.55. The van der Waals surface area contributed by atoms with Gasteiger partial charge >= 0.3 is 0 Å². The van der Waals surface area contributed by atoms with Gasteiger partial charge in [-0.3, -0.25) is 9.59 Å². The fraction of sp³-hybridized carbons (Fsp3) is 0.444. The quantitative estimate of drug-likeness (QED) is 0.435. The van der Waals surface area contributed by atoms with E-state index in [1.54, 1.807) is 6.92 Å². The van der Waals surface area contributed by atoms with Crippen LogP contribution in [-0.4, -0.2) is 72.3 Å². The van der Waals surface area contributed by atoms with Gasteiger partial charge in [0, 0.05) is 39.2 Å². The number of nitrogens with one attached hydrogen (secondary N) is 2. The minimum atomic E-state index is -0.220. The van der Waals surface area contributed by atoms with Gasteiger partial charge in [0.15, 0.2) is 5.13 Å². The van der Waals surface area contributed by atoms with Gasteiger partial charge in [-0.15, -0.1) is 0 Å². The summed E-state index contributed by atoms with van der Waals surface area (Å²) in [4.78, 5) is 42.5. The summed E-state index contributed by atoms with van der Waals surface area (Å²) >= 11 is 1.17. The molecule has 0 bridgehead atoms. The van der Waals surface area contributed by atoms with E-state index in [1.807, 2.05) is 43.5 Å². The summed E-state index contributed by atoms with van der Waals surface area (Å²) in [6, 6.07) is 9.55. The first-order valence-corrected chi connectivity index (χ1v) is 13.9. The molecule has 2 N–H and O–H groups in total. The molecule has 1 aromatic carbocycles. The van der Waals surface area contributed by atoms with Crippen molar-refractivity contribution in [3.05, 3.63) is 52.7 Å². The van der Waals surface area contributed by atoms with Crippen molar-refractivity contribution in [1.29, 1.82) is 0 Å². The Labute approximate surface area is 231 Å². The monoisotopic (exact) mass is 551 g/mol. The Bertz CT molecular complexity index is 1310. The molecule has 2 fully saturated rings. The lowest BCUT2D eigenvalue weighted by atomic mass is 10.1. The average molecular weight is 552 g/mol. The van der Waals surface area contributed by atoms with Crippen LogP contribution in [0.3, 0.4) is 0 Å². The van der Waals surface area contributed by atoms with E-state index in [0.29, 0.717) is 28.9 Å². The predicted octanol–water partition coefficient (Wildman–Crippen LogP) is 3.19. The molecule has 3 aromatic rings. The van der Waals surface area contributed by atoms with Gasteiger partial charge in [-0.25, -0.2) is 9.97 Å². The van der Waals surface area contributed by atoms with Crippen LogP contribution < -0.4 is 25.2 Å². The molecule has 12 heteroatoms. The molecule has 5 rings (SSSR count). The Hall–Kier alpha value is -3.77. The zero-order valence-electron chi connectivity index (χ0n) is 22.3. The molecule has 0 saturated carbocycles. The summed E-state index contributed by atoms with van der Waals surface area (Å²) in [6.07, 6.45) is 2.78. The molecule has 2 amide bonds. The van der Waals surface area contributed by atoms with Crippen molar-refractivity contribution in [3.63, 3.8) is 0 Å². The minimum Gasteiger partial charge on any atom is -0.489 e. The van der Waals surface area contributed by atoms with Crippen LogP contribution in [0.25, 0.3) is 0 Å². The van der Waals surface area contributed by atoms with Crippen molar-refractivity contribution < 1.29 is 19.1 Å². The Kier molecular flexibility index (Phi) is 8.22. The number of carbonyl (C=O) groups is 2. The lowest BCUT2D eigenvalue weighted by Gasteiger charge is -2.27. The van der Waals surface area contributed by atoms with Crippen LogP contribution in [0, 0.1) is 6.92 Å². The molecule has 0 unspecified atom stereocenters. The molecular formula is C27H33N7O4S. The van der Waals surface area contributed by atoms with Gasteiger partial charge in [-0.05, 0) is 37.6 Å². The minimum absolute atomic E-state index is 0.0573. The number of hydrogen-bond acceptors (Lipinski definition) is 10. The number of aromatic nitrogens is 3.